The maximum absolute atomic E-state index is 5.65. The third kappa shape index (κ3) is 2.29. The van der Waals surface area contributed by atoms with Crippen molar-refractivity contribution in [2.75, 3.05) is 13.2 Å². The van der Waals surface area contributed by atoms with Crippen LogP contribution < -0.4 is 5.32 Å². The monoisotopic (exact) mass is 238 g/mol. The molecule has 2 aliphatic heterocycles. The van der Waals surface area contributed by atoms with Crippen LogP contribution in [0.2, 0.25) is 0 Å². The summed E-state index contributed by atoms with van der Waals surface area (Å²) in [7, 11) is 0. The molecule has 0 saturated carbocycles. The molecule has 2 fully saturated rings. The molecule has 3 heterocycles. The Morgan fingerprint density at radius 1 is 1.44 bits per heavy atom. The van der Waals surface area contributed by atoms with Crippen LogP contribution in [0.1, 0.15) is 42.5 Å². The molecule has 1 N–H and O–H groups in total. The van der Waals surface area contributed by atoms with E-state index in [2.05, 4.69) is 10.7 Å². The molecule has 88 valence electrons. The maximum Gasteiger partial charge on any atom is 0.122 e. The average molecular weight is 238 g/mol. The second-order valence-corrected chi connectivity index (χ2v) is 5.57. The molecule has 2 saturated heterocycles. The minimum absolute atomic E-state index is 0.287. The Labute approximate surface area is 100 Å². The van der Waals surface area contributed by atoms with Crippen LogP contribution in [0, 0.1) is 0 Å². The molecule has 2 atom stereocenters. The highest BCUT2D eigenvalue weighted by atomic mass is 32.1. The summed E-state index contributed by atoms with van der Waals surface area (Å²) in [5, 5.41) is 6.91. The summed E-state index contributed by atoms with van der Waals surface area (Å²) in [6.07, 6.45) is 6.32. The summed E-state index contributed by atoms with van der Waals surface area (Å²) in [5.41, 5.74) is 1.25. The number of thiazole rings is 1. The first-order chi connectivity index (χ1) is 7.92. The van der Waals surface area contributed by atoms with E-state index >= 15 is 0 Å². The number of nitrogens with zero attached hydrogens (tertiary/aromatic N) is 1. The lowest BCUT2D eigenvalue weighted by Crippen LogP contribution is -2.23. The van der Waals surface area contributed by atoms with E-state index < -0.39 is 0 Å². The number of aromatic nitrogens is 1. The SMILES string of the molecule is c1sc(C2CCCO2)nc1CC1CCCN1. The van der Waals surface area contributed by atoms with Crippen molar-refractivity contribution in [2.45, 2.75) is 44.2 Å². The third-order valence-electron chi connectivity index (χ3n) is 3.39. The standard InChI is InChI=1S/C12H18N2OS/c1-3-9(13-5-1)7-10-8-16-12(14-10)11-4-2-6-15-11/h8-9,11,13H,1-7H2. The van der Waals surface area contributed by atoms with E-state index in [1.165, 1.54) is 36.5 Å². The molecule has 0 amide bonds. The van der Waals surface area contributed by atoms with Crippen molar-refractivity contribution in [3.63, 3.8) is 0 Å². The molecular formula is C12H18N2OS. The van der Waals surface area contributed by atoms with Crippen LogP contribution in [0.4, 0.5) is 0 Å². The molecule has 1 aromatic heterocycles. The summed E-state index contributed by atoms with van der Waals surface area (Å²) in [4.78, 5) is 4.71. The molecule has 0 radical (unpaired) electrons. The molecule has 3 nitrogen and oxygen atoms in total. The highest BCUT2D eigenvalue weighted by molar-refractivity contribution is 7.09. The van der Waals surface area contributed by atoms with Crippen LogP contribution in [0.3, 0.4) is 0 Å². The van der Waals surface area contributed by atoms with E-state index in [1.807, 2.05) is 0 Å². The predicted octanol–water partition coefficient (Wildman–Crippen LogP) is 2.29. The first-order valence-corrected chi connectivity index (χ1v) is 7.09. The summed E-state index contributed by atoms with van der Waals surface area (Å²) in [6.45, 7) is 2.08. The minimum Gasteiger partial charge on any atom is -0.371 e. The number of rotatable bonds is 3. The molecular weight excluding hydrogens is 220 g/mol. The smallest absolute Gasteiger partial charge is 0.122 e. The second kappa shape index (κ2) is 4.82. The normalized spacial score (nSPS) is 30.0. The van der Waals surface area contributed by atoms with Crippen LogP contribution in [0.25, 0.3) is 0 Å². The largest absolute Gasteiger partial charge is 0.371 e. The van der Waals surface area contributed by atoms with Gasteiger partial charge >= 0.3 is 0 Å². The van der Waals surface area contributed by atoms with Gasteiger partial charge in [-0.2, -0.15) is 0 Å². The third-order valence-corrected chi connectivity index (χ3v) is 4.38. The first kappa shape index (κ1) is 10.7. The van der Waals surface area contributed by atoms with E-state index in [4.69, 9.17) is 9.72 Å². The zero-order valence-electron chi connectivity index (χ0n) is 9.45. The fourth-order valence-corrected chi connectivity index (χ4v) is 3.43. The van der Waals surface area contributed by atoms with Crippen molar-refractivity contribution in [3.05, 3.63) is 16.1 Å². The summed E-state index contributed by atoms with van der Waals surface area (Å²) >= 11 is 1.77. The van der Waals surface area contributed by atoms with Crippen LogP contribution in [0.5, 0.6) is 0 Å². The lowest BCUT2D eigenvalue weighted by Gasteiger charge is -2.07. The molecule has 1 aromatic rings. The van der Waals surface area contributed by atoms with Gasteiger partial charge in [0.2, 0.25) is 0 Å². The summed E-state index contributed by atoms with van der Waals surface area (Å²) < 4.78 is 5.65. The quantitative estimate of drug-likeness (QED) is 0.877. The Morgan fingerprint density at radius 2 is 2.44 bits per heavy atom. The summed E-state index contributed by atoms with van der Waals surface area (Å²) in [6, 6.07) is 0.652. The van der Waals surface area contributed by atoms with Gasteiger partial charge in [-0.3, -0.25) is 0 Å². The Morgan fingerprint density at radius 3 is 3.19 bits per heavy atom. The van der Waals surface area contributed by atoms with Gasteiger partial charge in [-0.25, -0.2) is 4.98 Å². The van der Waals surface area contributed by atoms with Crippen LogP contribution >= 0.6 is 11.3 Å². The van der Waals surface area contributed by atoms with E-state index in [-0.39, 0.29) is 6.10 Å². The van der Waals surface area contributed by atoms with Gasteiger partial charge in [-0.1, -0.05) is 0 Å². The topological polar surface area (TPSA) is 34.1 Å². The highest BCUT2D eigenvalue weighted by Gasteiger charge is 2.22. The van der Waals surface area contributed by atoms with Gasteiger partial charge in [0.05, 0.1) is 5.69 Å². The van der Waals surface area contributed by atoms with Crippen molar-refractivity contribution in [3.8, 4) is 0 Å². The molecule has 4 heteroatoms. The number of nitrogens with one attached hydrogen (secondary N) is 1. The van der Waals surface area contributed by atoms with E-state index in [1.54, 1.807) is 11.3 Å². The number of ether oxygens (including phenoxy) is 1. The lowest BCUT2D eigenvalue weighted by atomic mass is 10.1. The zero-order chi connectivity index (χ0) is 10.8. The van der Waals surface area contributed by atoms with Gasteiger partial charge < -0.3 is 10.1 Å². The Balaban J connectivity index is 1.62. The lowest BCUT2D eigenvalue weighted by molar-refractivity contribution is 0.111. The van der Waals surface area contributed by atoms with Crippen molar-refractivity contribution in [1.82, 2.24) is 10.3 Å². The van der Waals surface area contributed by atoms with Crippen LogP contribution in [-0.4, -0.2) is 24.2 Å². The minimum atomic E-state index is 0.287. The Bertz CT molecular complexity index is 341. The Kier molecular flexibility index (Phi) is 3.22. The number of hydrogen-bond acceptors (Lipinski definition) is 4. The van der Waals surface area contributed by atoms with Gasteiger partial charge in [-0.15, -0.1) is 11.3 Å². The molecule has 2 aliphatic rings. The van der Waals surface area contributed by atoms with E-state index in [0.717, 1.165) is 19.4 Å². The molecule has 0 bridgehead atoms. The second-order valence-electron chi connectivity index (χ2n) is 4.68. The van der Waals surface area contributed by atoms with Crippen molar-refractivity contribution < 1.29 is 4.74 Å². The van der Waals surface area contributed by atoms with Crippen molar-refractivity contribution in [1.29, 1.82) is 0 Å². The Hall–Kier alpha value is -0.450. The van der Waals surface area contributed by atoms with Gasteiger partial charge in [0.25, 0.3) is 0 Å². The molecule has 0 aliphatic carbocycles. The predicted molar refractivity (Wildman–Crippen MR) is 64.8 cm³/mol. The van der Waals surface area contributed by atoms with Crippen molar-refractivity contribution >= 4 is 11.3 Å². The molecule has 16 heavy (non-hydrogen) atoms. The van der Waals surface area contributed by atoms with E-state index in [9.17, 15) is 0 Å². The van der Waals surface area contributed by atoms with Gasteiger partial charge in [0.1, 0.15) is 11.1 Å². The average Bonchev–Trinajstić information content (AvgIpc) is 2.99. The van der Waals surface area contributed by atoms with E-state index in [0.29, 0.717) is 6.04 Å². The molecule has 3 rings (SSSR count). The summed E-state index contributed by atoms with van der Waals surface area (Å²) in [5.74, 6) is 0. The highest BCUT2D eigenvalue weighted by Crippen LogP contribution is 2.30. The van der Waals surface area contributed by atoms with Gasteiger partial charge in [0, 0.05) is 24.4 Å². The fourth-order valence-electron chi connectivity index (χ4n) is 2.52. The first-order valence-electron chi connectivity index (χ1n) is 6.21. The molecule has 0 aromatic carbocycles. The zero-order valence-corrected chi connectivity index (χ0v) is 10.3. The molecule has 0 spiro atoms. The maximum atomic E-state index is 5.65. The van der Waals surface area contributed by atoms with Gasteiger partial charge in [-0.05, 0) is 32.2 Å². The van der Waals surface area contributed by atoms with Crippen molar-refractivity contribution in [2.24, 2.45) is 0 Å². The van der Waals surface area contributed by atoms with Gasteiger partial charge in [0.15, 0.2) is 0 Å². The molecule has 2 unspecified atom stereocenters. The van der Waals surface area contributed by atoms with Crippen LogP contribution in [0.15, 0.2) is 5.38 Å². The fraction of sp³-hybridized carbons (Fsp3) is 0.750. The van der Waals surface area contributed by atoms with Crippen LogP contribution in [-0.2, 0) is 11.2 Å². The number of hydrogen-bond donors (Lipinski definition) is 1.